The highest BCUT2D eigenvalue weighted by atomic mass is 32.1. The van der Waals surface area contributed by atoms with Crippen LogP contribution in [0, 0.1) is 11.3 Å². The molecule has 1 aliphatic heterocycles. The van der Waals surface area contributed by atoms with Crippen LogP contribution < -0.4 is 40.3 Å². The molecule has 0 saturated heterocycles. The van der Waals surface area contributed by atoms with Gasteiger partial charge in [0.25, 0.3) is 11.5 Å². The summed E-state index contributed by atoms with van der Waals surface area (Å²) in [6.07, 6.45) is 1.54. The molecule has 0 atom stereocenters. The molecule has 0 bridgehead atoms. The van der Waals surface area contributed by atoms with Crippen LogP contribution in [0.2, 0.25) is 0 Å². The van der Waals surface area contributed by atoms with Crippen molar-refractivity contribution in [1.82, 2.24) is 9.88 Å². The van der Waals surface area contributed by atoms with Crippen molar-refractivity contribution >= 4 is 52.0 Å². The summed E-state index contributed by atoms with van der Waals surface area (Å²) < 4.78 is 7.72. The first kappa shape index (κ1) is 26.5. The molecule has 1 aliphatic rings. The summed E-state index contributed by atoms with van der Waals surface area (Å²) in [5.41, 5.74) is 1.75. The second kappa shape index (κ2) is 12.1. The fourth-order valence-corrected chi connectivity index (χ4v) is 5.12. The Bertz CT molecular complexity index is 1570. The molecule has 1 aromatic heterocycles. The number of rotatable bonds is 8. The van der Waals surface area contributed by atoms with Crippen molar-refractivity contribution in [1.29, 1.82) is 5.26 Å². The molecule has 10 nitrogen and oxygen atoms in total. The van der Waals surface area contributed by atoms with Crippen LogP contribution in [0.1, 0.15) is 13.8 Å². The number of aromatic nitrogens is 1. The standard InChI is InChI=1S/C27H28N6O4S/c1-3-29-25(35)20(15-28)27-33(4-2)26(36)23(38-27)16-30-18-8-7-9-19(14-18)31-24(34)17-32-12-13-37-22-11-6-5-10-21(22)32/h5-11,14,16,30H,3-4,12-13,17H2,1-2H3,(H,29,35)(H,31,34). The second-order valence-electron chi connectivity index (χ2n) is 8.32. The summed E-state index contributed by atoms with van der Waals surface area (Å²) >= 11 is 1.07. The number of amides is 2. The number of para-hydroxylation sites is 2. The van der Waals surface area contributed by atoms with Gasteiger partial charge in [-0.15, -0.1) is 11.3 Å². The smallest absolute Gasteiger partial charge is 0.270 e. The van der Waals surface area contributed by atoms with Gasteiger partial charge in [0.05, 0.1) is 18.8 Å². The summed E-state index contributed by atoms with van der Waals surface area (Å²) in [6, 6.07) is 16.7. The normalized spacial score (nSPS) is 13.6. The molecule has 0 spiro atoms. The maximum atomic E-state index is 12.9. The van der Waals surface area contributed by atoms with Crippen LogP contribution in [0.3, 0.4) is 0 Å². The third kappa shape index (κ3) is 5.87. The number of nitrogens with zero attached hydrogens (tertiary/aromatic N) is 3. The SMILES string of the molecule is CCNC(=O)C(C#N)=c1sc(=CNc2cccc(NC(=O)CN3CCOc4ccccc43)c2)c(=O)n1CC. The molecule has 4 rings (SSSR count). The number of fused-ring (bicyclic) bond motifs is 1. The number of carbonyl (C=O) groups excluding carboxylic acids is 2. The third-order valence-electron chi connectivity index (χ3n) is 5.79. The van der Waals surface area contributed by atoms with E-state index in [-0.39, 0.29) is 23.6 Å². The Morgan fingerprint density at radius 1 is 1.16 bits per heavy atom. The molecule has 2 aromatic carbocycles. The van der Waals surface area contributed by atoms with Crippen LogP contribution >= 0.6 is 11.3 Å². The zero-order valence-electron chi connectivity index (χ0n) is 21.1. The zero-order chi connectivity index (χ0) is 27.1. The Morgan fingerprint density at radius 2 is 1.95 bits per heavy atom. The minimum absolute atomic E-state index is 0.0944. The van der Waals surface area contributed by atoms with Gasteiger partial charge in [0.1, 0.15) is 27.6 Å². The highest BCUT2D eigenvalue weighted by Gasteiger charge is 2.20. The van der Waals surface area contributed by atoms with E-state index in [1.807, 2.05) is 35.2 Å². The van der Waals surface area contributed by atoms with Crippen molar-refractivity contribution in [3.05, 3.63) is 68.1 Å². The predicted molar refractivity (Wildman–Crippen MR) is 149 cm³/mol. The third-order valence-corrected chi connectivity index (χ3v) is 6.92. The molecular formula is C27H28N6O4S. The van der Waals surface area contributed by atoms with Gasteiger partial charge >= 0.3 is 0 Å². The molecule has 2 heterocycles. The topological polar surface area (TPSA) is 128 Å². The van der Waals surface area contributed by atoms with Crippen molar-refractivity contribution in [3.8, 4) is 11.8 Å². The van der Waals surface area contributed by atoms with Crippen molar-refractivity contribution in [2.45, 2.75) is 20.4 Å². The lowest BCUT2D eigenvalue weighted by Gasteiger charge is -2.30. The molecule has 11 heteroatoms. The molecule has 2 amide bonds. The number of nitrogens with one attached hydrogen (secondary N) is 3. The van der Waals surface area contributed by atoms with E-state index in [0.717, 1.165) is 22.8 Å². The van der Waals surface area contributed by atoms with E-state index >= 15 is 0 Å². The van der Waals surface area contributed by atoms with Crippen LogP contribution in [-0.2, 0) is 16.1 Å². The quantitative estimate of drug-likeness (QED) is 0.400. The van der Waals surface area contributed by atoms with E-state index in [1.165, 1.54) is 4.57 Å². The summed E-state index contributed by atoms with van der Waals surface area (Å²) in [5, 5.41) is 18.1. The molecule has 3 aromatic rings. The number of anilines is 3. The van der Waals surface area contributed by atoms with Crippen LogP contribution in [0.15, 0.2) is 53.3 Å². The number of carbonyl (C=O) groups is 2. The van der Waals surface area contributed by atoms with Crippen molar-refractivity contribution in [2.24, 2.45) is 0 Å². The predicted octanol–water partition coefficient (Wildman–Crippen LogP) is 1.43. The Morgan fingerprint density at radius 3 is 2.71 bits per heavy atom. The number of ether oxygens (including phenoxy) is 1. The molecule has 0 saturated carbocycles. The summed E-state index contributed by atoms with van der Waals surface area (Å²) in [4.78, 5) is 40.0. The highest BCUT2D eigenvalue weighted by molar-refractivity contribution is 7.07. The minimum atomic E-state index is -0.512. The van der Waals surface area contributed by atoms with E-state index in [2.05, 4.69) is 16.0 Å². The maximum Gasteiger partial charge on any atom is 0.270 e. The van der Waals surface area contributed by atoms with E-state index in [4.69, 9.17) is 4.74 Å². The Labute approximate surface area is 223 Å². The summed E-state index contributed by atoms with van der Waals surface area (Å²) in [7, 11) is 0. The van der Waals surface area contributed by atoms with E-state index in [9.17, 15) is 19.6 Å². The van der Waals surface area contributed by atoms with Gasteiger partial charge < -0.3 is 25.6 Å². The van der Waals surface area contributed by atoms with Gasteiger partial charge in [0.2, 0.25) is 5.91 Å². The minimum Gasteiger partial charge on any atom is -0.490 e. The van der Waals surface area contributed by atoms with E-state index in [0.29, 0.717) is 46.8 Å². The zero-order valence-corrected chi connectivity index (χ0v) is 21.9. The lowest BCUT2D eigenvalue weighted by atomic mass is 10.2. The van der Waals surface area contributed by atoms with Crippen molar-refractivity contribution < 1.29 is 14.3 Å². The van der Waals surface area contributed by atoms with Crippen molar-refractivity contribution in [3.63, 3.8) is 0 Å². The molecule has 38 heavy (non-hydrogen) atoms. The number of hydrogen-bond donors (Lipinski definition) is 3. The Hall–Kier alpha value is -4.56. The number of hydrogen-bond acceptors (Lipinski definition) is 8. The number of benzene rings is 2. The lowest BCUT2D eigenvalue weighted by Crippen LogP contribution is -2.38. The summed E-state index contributed by atoms with van der Waals surface area (Å²) in [5.74, 6) is 0.0843. The van der Waals surface area contributed by atoms with Crippen LogP contribution in [-0.4, -0.2) is 42.6 Å². The van der Waals surface area contributed by atoms with Gasteiger partial charge in [-0.25, -0.2) is 0 Å². The molecule has 196 valence electrons. The average Bonchev–Trinajstić information content (AvgIpc) is 3.23. The fourth-order valence-electron chi connectivity index (χ4n) is 4.04. The largest absolute Gasteiger partial charge is 0.490 e. The lowest BCUT2D eigenvalue weighted by molar-refractivity contribution is -0.116. The monoisotopic (exact) mass is 532 g/mol. The highest BCUT2D eigenvalue weighted by Crippen LogP contribution is 2.30. The van der Waals surface area contributed by atoms with Gasteiger partial charge in [0.15, 0.2) is 5.57 Å². The van der Waals surface area contributed by atoms with E-state index < -0.39 is 5.91 Å². The average molecular weight is 533 g/mol. The molecule has 0 aliphatic carbocycles. The maximum absolute atomic E-state index is 12.9. The molecule has 3 N–H and O–H groups in total. The van der Waals surface area contributed by atoms with Crippen LogP contribution in [0.5, 0.6) is 5.75 Å². The molecular weight excluding hydrogens is 504 g/mol. The van der Waals surface area contributed by atoms with Gasteiger partial charge in [-0.2, -0.15) is 5.26 Å². The Balaban J connectivity index is 1.51. The first-order chi connectivity index (χ1) is 18.4. The Kier molecular flexibility index (Phi) is 8.45. The first-order valence-electron chi connectivity index (χ1n) is 12.2. The second-order valence-corrected chi connectivity index (χ2v) is 9.35. The number of thiazole rings is 1. The van der Waals surface area contributed by atoms with Gasteiger partial charge in [0, 0.05) is 30.7 Å². The van der Waals surface area contributed by atoms with Crippen molar-refractivity contribution in [2.75, 3.05) is 41.8 Å². The van der Waals surface area contributed by atoms with E-state index in [1.54, 1.807) is 44.3 Å². The van der Waals surface area contributed by atoms with Gasteiger partial charge in [-0.1, -0.05) is 18.2 Å². The summed E-state index contributed by atoms with van der Waals surface area (Å²) in [6.45, 7) is 5.54. The fraction of sp³-hybridized carbons (Fsp3) is 0.259. The van der Waals surface area contributed by atoms with Crippen LogP contribution in [0.25, 0.3) is 11.8 Å². The number of nitriles is 1. The molecule has 0 fully saturated rings. The van der Waals surface area contributed by atoms with Gasteiger partial charge in [-0.3, -0.25) is 19.0 Å². The molecule has 0 unspecified atom stereocenters. The molecule has 0 radical (unpaired) electrons. The van der Waals surface area contributed by atoms with Gasteiger partial charge in [-0.05, 0) is 44.2 Å². The first-order valence-corrected chi connectivity index (χ1v) is 13.0. The van der Waals surface area contributed by atoms with Crippen LogP contribution in [0.4, 0.5) is 17.1 Å².